The van der Waals surface area contributed by atoms with Gasteiger partial charge in [-0.05, 0) is 34.1 Å². The minimum atomic E-state index is -0.0133. The van der Waals surface area contributed by atoms with E-state index in [2.05, 4.69) is 27.5 Å². The predicted octanol–water partition coefficient (Wildman–Crippen LogP) is 2.14. The van der Waals surface area contributed by atoms with Crippen LogP contribution in [0.15, 0.2) is 35.5 Å². The molecule has 0 aliphatic heterocycles. The number of allylic oxidation sites excluding steroid dienone is 1. The molecule has 12 heavy (non-hydrogen) atoms. The van der Waals surface area contributed by atoms with Crippen LogP contribution >= 0.6 is 15.9 Å². The second-order valence-corrected chi connectivity index (χ2v) is 3.11. The van der Waals surface area contributed by atoms with E-state index in [9.17, 15) is 4.79 Å². The number of ketones is 1. The van der Waals surface area contributed by atoms with E-state index in [-0.39, 0.29) is 5.78 Å². The summed E-state index contributed by atoms with van der Waals surface area (Å²) in [4.78, 5) is 15.0. The van der Waals surface area contributed by atoms with Crippen LogP contribution in [0.1, 0.15) is 5.69 Å². The number of hydrogen-bond acceptors (Lipinski definition) is 2. The molecule has 1 aromatic heterocycles. The molecule has 0 aliphatic rings. The van der Waals surface area contributed by atoms with Gasteiger partial charge in [-0.1, -0.05) is 12.6 Å². The molecule has 0 aliphatic carbocycles. The van der Waals surface area contributed by atoms with Gasteiger partial charge in [-0.15, -0.1) is 0 Å². The van der Waals surface area contributed by atoms with Crippen molar-refractivity contribution in [2.45, 2.75) is 6.42 Å². The molecule has 0 N–H and O–H groups in total. The van der Waals surface area contributed by atoms with Crippen molar-refractivity contribution < 1.29 is 4.79 Å². The smallest absolute Gasteiger partial charge is 0.161 e. The van der Waals surface area contributed by atoms with E-state index in [0.717, 1.165) is 10.3 Å². The van der Waals surface area contributed by atoms with Gasteiger partial charge in [0.25, 0.3) is 0 Å². The van der Waals surface area contributed by atoms with Crippen LogP contribution in [0.2, 0.25) is 0 Å². The van der Waals surface area contributed by atoms with Gasteiger partial charge in [-0.2, -0.15) is 0 Å². The summed E-state index contributed by atoms with van der Waals surface area (Å²) in [5.41, 5.74) is 0.759. The molecule has 0 bridgehead atoms. The van der Waals surface area contributed by atoms with Crippen molar-refractivity contribution in [3.63, 3.8) is 0 Å². The van der Waals surface area contributed by atoms with Crippen molar-refractivity contribution in [3.05, 3.63) is 41.2 Å². The van der Waals surface area contributed by atoms with Crippen molar-refractivity contribution in [1.82, 2.24) is 4.98 Å². The van der Waals surface area contributed by atoms with Gasteiger partial charge in [0.1, 0.15) is 4.60 Å². The highest BCUT2D eigenvalue weighted by molar-refractivity contribution is 9.10. The number of halogens is 1. The van der Waals surface area contributed by atoms with Crippen molar-refractivity contribution in [2.24, 2.45) is 0 Å². The highest BCUT2D eigenvalue weighted by atomic mass is 79.9. The molecule has 0 amide bonds. The third-order valence-corrected chi connectivity index (χ3v) is 1.80. The molecule has 0 atom stereocenters. The zero-order valence-corrected chi connectivity index (χ0v) is 8.04. The number of carbonyl (C=O) groups excluding carboxylic acids is 1. The topological polar surface area (TPSA) is 30.0 Å². The molecule has 0 saturated carbocycles. The van der Waals surface area contributed by atoms with Gasteiger partial charge in [0, 0.05) is 5.69 Å². The highest BCUT2D eigenvalue weighted by Gasteiger charge is 1.99. The average Bonchev–Trinajstić information content (AvgIpc) is 2.04. The van der Waals surface area contributed by atoms with Crippen molar-refractivity contribution in [2.75, 3.05) is 0 Å². The molecule has 0 fully saturated rings. The molecule has 1 rings (SSSR count). The Bertz CT molecular complexity index is 309. The van der Waals surface area contributed by atoms with Crippen LogP contribution < -0.4 is 0 Å². The number of carbonyl (C=O) groups is 1. The third kappa shape index (κ3) is 2.58. The fourth-order valence-electron chi connectivity index (χ4n) is 0.799. The van der Waals surface area contributed by atoms with E-state index in [0.29, 0.717) is 6.42 Å². The summed E-state index contributed by atoms with van der Waals surface area (Å²) in [5, 5.41) is 0. The SMILES string of the molecule is C=CC(=O)Cc1cccc(Br)n1. The minimum absolute atomic E-state index is 0.0133. The zero-order valence-electron chi connectivity index (χ0n) is 6.46. The molecule has 0 unspecified atom stereocenters. The van der Waals surface area contributed by atoms with Crippen LogP contribution in [-0.2, 0) is 11.2 Å². The van der Waals surface area contributed by atoms with Crippen LogP contribution in [0.5, 0.6) is 0 Å². The van der Waals surface area contributed by atoms with E-state index in [4.69, 9.17) is 0 Å². The monoisotopic (exact) mass is 225 g/mol. The molecule has 62 valence electrons. The van der Waals surface area contributed by atoms with Crippen LogP contribution in [0, 0.1) is 0 Å². The number of pyridine rings is 1. The Morgan fingerprint density at radius 2 is 2.42 bits per heavy atom. The molecular formula is C9H8BrNO. The van der Waals surface area contributed by atoms with E-state index in [1.165, 1.54) is 6.08 Å². The minimum Gasteiger partial charge on any atom is -0.294 e. The molecule has 0 saturated heterocycles. The third-order valence-electron chi connectivity index (χ3n) is 1.36. The zero-order chi connectivity index (χ0) is 8.97. The van der Waals surface area contributed by atoms with Crippen LogP contribution in [-0.4, -0.2) is 10.8 Å². The fourth-order valence-corrected chi connectivity index (χ4v) is 1.18. The lowest BCUT2D eigenvalue weighted by molar-refractivity contribution is -0.114. The van der Waals surface area contributed by atoms with Gasteiger partial charge in [0.15, 0.2) is 5.78 Å². The summed E-state index contributed by atoms with van der Waals surface area (Å²) in [6.45, 7) is 3.39. The fraction of sp³-hybridized carbons (Fsp3) is 0.111. The van der Waals surface area contributed by atoms with Crippen LogP contribution in [0.3, 0.4) is 0 Å². The second kappa shape index (κ2) is 4.16. The number of rotatable bonds is 3. The summed E-state index contributed by atoms with van der Waals surface area (Å²) in [7, 11) is 0. The lowest BCUT2D eigenvalue weighted by Gasteiger charge is -1.96. The number of aromatic nitrogens is 1. The largest absolute Gasteiger partial charge is 0.294 e. The predicted molar refractivity (Wildman–Crippen MR) is 50.8 cm³/mol. The lowest BCUT2D eigenvalue weighted by atomic mass is 10.2. The first kappa shape index (κ1) is 9.13. The molecule has 3 heteroatoms. The molecule has 2 nitrogen and oxygen atoms in total. The highest BCUT2D eigenvalue weighted by Crippen LogP contribution is 2.06. The van der Waals surface area contributed by atoms with Crippen LogP contribution in [0.25, 0.3) is 0 Å². The van der Waals surface area contributed by atoms with E-state index in [1.807, 2.05) is 18.2 Å². The Balaban J connectivity index is 2.76. The Labute approximate surface area is 79.5 Å². The quantitative estimate of drug-likeness (QED) is 0.583. The molecule has 1 aromatic rings. The summed E-state index contributed by atoms with van der Waals surface area (Å²) < 4.78 is 0.747. The van der Waals surface area contributed by atoms with Crippen molar-refractivity contribution >= 4 is 21.7 Å². The standard InChI is InChI=1S/C9H8BrNO/c1-2-8(12)6-7-4-3-5-9(10)11-7/h2-5H,1,6H2. The first-order valence-corrected chi connectivity index (χ1v) is 4.28. The normalized spacial score (nSPS) is 9.42. The van der Waals surface area contributed by atoms with Gasteiger partial charge >= 0.3 is 0 Å². The van der Waals surface area contributed by atoms with Gasteiger partial charge in [-0.25, -0.2) is 4.98 Å². The molecule has 1 heterocycles. The van der Waals surface area contributed by atoms with Gasteiger partial charge in [0.2, 0.25) is 0 Å². The summed E-state index contributed by atoms with van der Waals surface area (Å²) in [6, 6.07) is 5.48. The Morgan fingerprint density at radius 1 is 1.67 bits per heavy atom. The Kier molecular flexibility index (Phi) is 3.17. The number of hydrogen-bond donors (Lipinski definition) is 0. The van der Waals surface area contributed by atoms with E-state index in [1.54, 1.807) is 0 Å². The molecule has 0 spiro atoms. The maximum atomic E-state index is 10.9. The molecular weight excluding hydrogens is 218 g/mol. The first-order chi connectivity index (χ1) is 5.72. The van der Waals surface area contributed by atoms with Crippen molar-refractivity contribution in [1.29, 1.82) is 0 Å². The van der Waals surface area contributed by atoms with Crippen LogP contribution in [0.4, 0.5) is 0 Å². The molecule has 0 radical (unpaired) electrons. The van der Waals surface area contributed by atoms with Gasteiger partial charge < -0.3 is 0 Å². The van der Waals surface area contributed by atoms with E-state index < -0.39 is 0 Å². The average molecular weight is 226 g/mol. The first-order valence-electron chi connectivity index (χ1n) is 3.49. The lowest BCUT2D eigenvalue weighted by Crippen LogP contribution is -1.99. The molecule has 0 aromatic carbocycles. The maximum Gasteiger partial charge on any atom is 0.161 e. The number of nitrogens with zero attached hydrogens (tertiary/aromatic N) is 1. The second-order valence-electron chi connectivity index (χ2n) is 2.30. The van der Waals surface area contributed by atoms with Gasteiger partial charge in [0.05, 0.1) is 6.42 Å². The maximum absolute atomic E-state index is 10.9. The summed E-state index contributed by atoms with van der Waals surface area (Å²) in [5.74, 6) is -0.0133. The Hall–Kier alpha value is -0.960. The van der Waals surface area contributed by atoms with Gasteiger partial charge in [-0.3, -0.25) is 4.79 Å². The Morgan fingerprint density at radius 3 is 3.00 bits per heavy atom. The van der Waals surface area contributed by atoms with E-state index >= 15 is 0 Å². The summed E-state index contributed by atoms with van der Waals surface area (Å²) in [6.07, 6.45) is 1.63. The summed E-state index contributed by atoms with van der Waals surface area (Å²) >= 11 is 3.23. The van der Waals surface area contributed by atoms with Crippen molar-refractivity contribution in [3.8, 4) is 0 Å².